The first-order valence-electron chi connectivity index (χ1n) is 9.85. The number of hydrogen-bond acceptors (Lipinski definition) is 9. The van der Waals surface area contributed by atoms with Crippen LogP contribution in [0.4, 0.5) is 6.01 Å². The van der Waals surface area contributed by atoms with Gasteiger partial charge in [-0.2, -0.15) is 0 Å². The number of rotatable bonds is 10. The van der Waals surface area contributed by atoms with Crippen LogP contribution >= 0.6 is 0 Å². The Morgan fingerprint density at radius 2 is 1.61 bits per heavy atom. The van der Waals surface area contributed by atoms with Gasteiger partial charge in [0.15, 0.2) is 19.7 Å². The highest BCUT2D eigenvalue weighted by Gasteiger charge is 2.16. The summed E-state index contributed by atoms with van der Waals surface area (Å²) in [4.78, 5) is 12.5. The largest absolute Gasteiger partial charge is 0.497 e. The molecule has 0 aliphatic rings. The van der Waals surface area contributed by atoms with E-state index in [1.807, 2.05) is 0 Å². The molecule has 0 saturated carbocycles. The molecule has 2 aromatic carbocycles. The van der Waals surface area contributed by atoms with Crippen LogP contribution in [0.2, 0.25) is 0 Å². The summed E-state index contributed by atoms with van der Waals surface area (Å²) in [5.41, 5.74) is 0.757. The maximum absolute atomic E-state index is 12.4. The SMILES string of the molecule is COc1ccc(S(=O)(=O)CCCC(=O)Nc2nnc(Cc3ccc(S(C)(=O)=O)cc3)o2)cc1. The number of sulfone groups is 2. The van der Waals surface area contributed by atoms with Crippen LogP contribution < -0.4 is 10.1 Å². The van der Waals surface area contributed by atoms with Crippen molar-refractivity contribution in [1.29, 1.82) is 0 Å². The molecule has 1 amide bonds. The molecule has 176 valence electrons. The number of benzene rings is 2. The molecule has 3 aromatic rings. The van der Waals surface area contributed by atoms with E-state index in [0.717, 1.165) is 11.8 Å². The molecule has 0 aliphatic heterocycles. The van der Waals surface area contributed by atoms with E-state index in [2.05, 4.69) is 15.5 Å². The number of amides is 1. The topological polar surface area (TPSA) is 146 Å². The second-order valence-electron chi connectivity index (χ2n) is 7.24. The Morgan fingerprint density at radius 3 is 2.21 bits per heavy atom. The molecular formula is C21H23N3O7S2. The van der Waals surface area contributed by atoms with Gasteiger partial charge in [0, 0.05) is 12.7 Å². The summed E-state index contributed by atoms with van der Waals surface area (Å²) in [7, 11) is -5.31. The quantitative estimate of drug-likeness (QED) is 0.449. The van der Waals surface area contributed by atoms with E-state index < -0.39 is 25.6 Å². The van der Waals surface area contributed by atoms with Crippen LogP contribution in [0.15, 0.2) is 62.7 Å². The smallest absolute Gasteiger partial charge is 0.322 e. The predicted molar refractivity (Wildman–Crippen MR) is 120 cm³/mol. The molecule has 3 rings (SSSR count). The van der Waals surface area contributed by atoms with Crippen LogP contribution in [0.3, 0.4) is 0 Å². The molecule has 1 aromatic heterocycles. The Morgan fingerprint density at radius 1 is 0.970 bits per heavy atom. The van der Waals surface area contributed by atoms with E-state index in [0.29, 0.717) is 5.75 Å². The maximum atomic E-state index is 12.4. The highest BCUT2D eigenvalue weighted by molar-refractivity contribution is 7.91. The molecular weight excluding hydrogens is 470 g/mol. The third-order valence-electron chi connectivity index (χ3n) is 4.66. The lowest BCUT2D eigenvalue weighted by atomic mass is 10.1. The molecule has 33 heavy (non-hydrogen) atoms. The third-order valence-corrected chi connectivity index (χ3v) is 7.60. The van der Waals surface area contributed by atoms with Crippen molar-refractivity contribution in [2.45, 2.75) is 29.1 Å². The summed E-state index contributed by atoms with van der Waals surface area (Å²) in [6.45, 7) is 0. The Balaban J connectivity index is 1.49. The number of nitrogens with one attached hydrogen (secondary N) is 1. The number of ether oxygens (including phenoxy) is 1. The minimum absolute atomic E-state index is 0.0416. The molecule has 12 heteroatoms. The lowest BCUT2D eigenvalue weighted by Crippen LogP contribution is -2.14. The van der Waals surface area contributed by atoms with Gasteiger partial charge in [0.1, 0.15) is 5.75 Å². The molecule has 0 aliphatic carbocycles. The molecule has 0 saturated heterocycles. The summed E-state index contributed by atoms with van der Waals surface area (Å²) in [5, 5.41) is 10.1. The van der Waals surface area contributed by atoms with Gasteiger partial charge in [-0.1, -0.05) is 17.2 Å². The molecule has 1 N–H and O–H groups in total. The zero-order valence-corrected chi connectivity index (χ0v) is 19.6. The lowest BCUT2D eigenvalue weighted by molar-refractivity contribution is -0.116. The maximum Gasteiger partial charge on any atom is 0.322 e. The van der Waals surface area contributed by atoms with Crippen molar-refractivity contribution in [3.05, 3.63) is 60.0 Å². The van der Waals surface area contributed by atoms with E-state index in [1.54, 1.807) is 24.3 Å². The Labute approximate surface area is 191 Å². The van der Waals surface area contributed by atoms with Crippen LogP contribution in [0.1, 0.15) is 24.3 Å². The number of carbonyl (C=O) groups is 1. The number of carbonyl (C=O) groups excluding carboxylic acids is 1. The van der Waals surface area contributed by atoms with Crippen molar-refractivity contribution in [2.24, 2.45) is 0 Å². The first-order chi connectivity index (χ1) is 15.6. The van der Waals surface area contributed by atoms with Gasteiger partial charge in [0.25, 0.3) is 0 Å². The minimum Gasteiger partial charge on any atom is -0.497 e. The van der Waals surface area contributed by atoms with Crippen molar-refractivity contribution < 1.29 is 30.8 Å². The van der Waals surface area contributed by atoms with Gasteiger partial charge < -0.3 is 9.15 Å². The van der Waals surface area contributed by atoms with Crippen molar-refractivity contribution in [1.82, 2.24) is 10.2 Å². The Bertz CT molecular complexity index is 1310. The summed E-state index contributed by atoms with van der Waals surface area (Å²) in [6.07, 6.45) is 1.46. The summed E-state index contributed by atoms with van der Waals surface area (Å²) < 4.78 is 58.2. The van der Waals surface area contributed by atoms with Crippen LogP contribution in [-0.2, 0) is 30.9 Å². The Kier molecular flexibility index (Phi) is 7.49. The zero-order chi connectivity index (χ0) is 24.1. The fourth-order valence-electron chi connectivity index (χ4n) is 2.91. The van der Waals surface area contributed by atoms with Gasteiger partial charge in [-0.15, -0.1) is 5.10 Å². The van der Waals surface area contributed by atoms with Crippen LogP contribution in [-0.4, -0.2) is 52.1 Å². The number of hydrogen-bond donors (Lipinski definition) is 1. The summed E-state index contributed by atoms with van der Waals surface area (Å²) in [6, 6.07) is 12.2. The average molecular weight is 494 g/mol. The molecule has 0 unspecified atom stereocenters. The second-order valence-corrected chi connectivity index (χ2v) is 11.4. The van der Waals surface area contributed by atoms with Crippen molar-refractivity contribution in [3.63, 3.8) is 0 Å². The Hall–Kier alpha value is -3.25. The standard InChI is InChI=1S/C21H23N3O7S2/c1-30-16-7-11-18(12-8-16)33(28,29)13-3-4-19(25)22-21-24-23-20(31-21)14-15-5-9-17(10-6-15)32(2,26)27/h5-12H,3-4,13-14H2,1-2H3,(H,22,24,25). The predicted octanol–water partition coefficient (Wildman–Crippen LogP) is 2.27. The van der Waals surface area contributed by atoms with E-state index >= 15 is 0 Å². The van der Waals surface area contributed by atoms with Gasteiger partial charge >= 0.3 is 6.01 Å². The lowest BCUT2D eigenvalue weighted by Gasteiger charge is -2.05. The van der Waals surface area contributed by atoms with E-state index in [1.165, 1.54) is 31.4 Å². The highest BCUT2D eigenvalue weighted by atomic mass is 32.2. The molecule has 0 atom stereocenters. The number of aromatic nitrogens is 2. The monoisotopic (exact) mass is 493 g/mol. The van der Waals surface area contributed by atoms with Crippen molar-refractivity contribution >= 4 is 31.6 Å². The van der Waals surface area contributed by atoms with E-state index in [9.17, 15) is 21.6 Å². The van der Waals surface area contributed by atoms with Crippen LogP contribution in [0.25, 0.3) is 0 Å². The third kappa shape index (κ3) is 6.86. The molecule has 0 spiro atoms. The zero-order valence-electron chi connectivity index (χ0n) is 18.0. The molecule has 1 heterocycles. The normalized spacial score (nSPS) is 11.8. The number of nitrogens with zero attached hydrogens (tertiary/aromatic N) is 2. The van der Waals surface area contributed by atoms with Crippen molar-refractivity contribution in [2.75, 3.05) is 24.4 Å². The highest BCUT2D eigenvalue weighted by Crippen LogP contribution is 2.18. The van der Waals surface area contributed by atoms with Gasteiger partial charge in [-0.25, -0.2) is 16.8 Å². The second kappa shape index (κ2) is 10.1. The van der Waals surface area contributed by atoms with E-state index in [-0.39, 0.29) is 46.7 Å². The van der Waals surface area contributed by atoms with Gasteiger partial charge in [0.2, 0.25) is 11.8 Å². The number of methoxy groups -OCH3 is 1. The van der Waals surface area contributed by atoms with Crippen LogP contribution in [0.5, 0.6) is 5.75 Å². The molecule has 0 radical (unpaired) electrons. The number of anilines is 1. The van der Waals surface area contributed by atoms with Gasteiger partial charge in [-0.3, -0.25) is 10.1 Å². The molecule has 0 fully saturated rings. The first-order valence-corrected chi connectivity index (χ1v) is 13.4. The van der Waals surface area contributed by atoms with Crippen LogP contribution in [0, 0.1) is 0 Å². The average Bonchev–Trinajstić information content (AvgIpc) is 3.20. The fourth-order valence-corrected chi connectivity index (χ4v) is 4.85. The summed E-state index contributed by atoms with van der Waals surface area (Å²) in [5.74, 6) is 0.149. The summed E-state index contributed by atoms with van der Waals surface area (Å²) >= 11 is 0. The minimum atomic E-state index is -3.52. The van der Waals surface area contributed by atoms with Crippen molar-refractivity contribution in [3.8, 4) is 5.75 Å². The molecule has 10 nitrogen and oxygen atoms in total. The van der Waals surface area contributed by atoms with Gasteiger partial charge in [0.05, 0.1) is 29.1 Å². The van der Waals surface area contributed by atoms with Gasteiger partial charge in [-0.05, 0) is 48.4 Å². The first kappa shape index (κ1) is 24.4. The molecule has 0 bridgehead atoms. The van der Waals surface area contributed by atoms with E-state index in [4.69, 9.17) is 9.15 Å². The fraction of sp³-hybridized carbons (Fsp3) is 0.286.